The number of aromatic nitrogens is 1. The van der Waals surface area contributed by atoms with E-state index in [1.165, 1.54) is 0 Å². The normalized spacial score (nSPS) is 16.9. The largest absolute Gasteiger partial charge is 0.444 e. The van der Waals surface area contributed by atoms with Gasteiger partial charge >= 0.3 is 6.09 Å². The molecule has 0 radical (unpaired) electrons. The van der Waals surface area contributed by atoms with Gasteiger partial charge in [-0.15, -0.1) is 0 Å². The number of hydrogen-bond acceptors (Lipinski definition) is 4. The highest BCUT2D eigenvalue weighted by atomic mass is 16.6. The van der Waals surface area contributed by atoms with Crippen molar-refractivity contribution >= 4 is 6.09 Å². The van der Waals surface area contributed by atoms with Crippen LogP contribution in [0.3, 0.4) is 0 Å². The summed E-state index contributed by atoms with van der Waals surface area (Å²) >= 11 is 0. The van der Waals surface area contributed by atoms with Crippen molar-refractivity contribution in [2.24, 2.45) is 0 Å². The summed E-state index contributed by atoms with van der Waals surface area (Å²) in [4.78, 5) is 18.1. The van der Waals surface area contributed by atoms with E-state index in [0.29, 0.717) is 32.4 Å². The molecular formula is C19H32N2O3. The van der Waals surface area contributed by atoms with Crippen LogP contribution in [0.2, 0.25) is 0 Å². The van der Waals surface area contributed by atoms with Crippen LogP contribution in [0.15, 0.2) is 18.3 Å². The first-order valence-corrected chi connectivity index (χ1v) is 8.79. The third-order valence-corrected chi connectivity index (χ3v) is 3.83. The van der Waals surface area contributed by atoms with Gasteiger partial charge in [-0.2, -0.15) is 0 Å². The molecule has 0 aliphatic carbocycles. The van der Waals surface area contributed by atoms with E-state index in [0.717, 1.165) is 11.3 Å². The number of carbonyl (C=O) groups excluding carboxylic acids is 1. The number of hydrogen-bond donors (Lipinski definition) is 1. The van der Waals surface area contributed by atoms with Crippen molar-refractivity contribution in [3.05, 3.63) is 29.6 Å². The quantitative estimate of drug-likeness (QED) is 0.894. The molecule has 5 heteroatoms. The maximum absolute atomic E-state index is 12.0. The predicted molar refractivity (Wildman–Crippen MR) is 96.0 cm³/mol. The fourth-order valence-electron chi connectivity index (χ4n) is 2.55. The van der Waals surface area contributed by atoms with Gasteiger partial charge in [-0.05, 0) is 52.2 Å². The molecule has 0 unspecified atom stereocenters. The van der Waals surface area contributed by atoms with Crippen molar-refractivity contribution in [2.45, 2.75) is 72.0 Å². The van der Waals surface area contributed by atoms with Gasteiger partial charge in [0, 0.05) is 31.4 Å². The van der Waals surface area contributed by atoms with E-state index in [9.17, 15) is 9.90 Å². The van der Waals surface area contributed by atoms with Crippen molar-refractivity contribution in [2.75, 3.05) is 13.1 Å². The van der Waals surface area contributed by atoms with Gasteiger partial charge in [-0.3, -0.25) is 4.98 Å². The number of piperidine rings is 1. The van der Waals surface area contributed by atoms with E-state index < -0.39 is 11.2 Å². The van der Waals surface area contributed by atoms with Crippen LogP contribution in [-0.4, -0.2) is 45.4 Å². The third kappa shape index (κ3) is 6.48. The minimum absolute atomic E-state index is 0.303. The van der Waals surface area contributed by atoms with Crippen molar-refractivity contribution < 1.29 is 14.6 Å². The predicted octanol–water partition coefficient (Wildman–Crippen LogP) is 3.72. The first-order chi connectivity index (χ1) is 11.2. The Balaban J connectivity index is 0.00000139. The van der Waals surface area contributed by atoms with Gasteiger partial charge in [0.05, 0.1) is 5.60 Å². The Hall–Kier alpha value is -1.62. The van der Waals surface area contributed by atoms with E-state index in [-0.39, 0.29) is 6.09 Å². The minimum atomic E-state index is -0.791. The lowest BCUT2D eigenvalue weighted by Gasteiger charge is -2.38. The van der Waals surface area contributed by atoms with Crippen LogP contribution in [-0.2, 0) is 11.2 Å². The van der Waals surface area contributed by atoms with Crippen molar-refractivity contribution in [1.82, 2.24) is 9.88 Å². The number of ether oxygens (including phenoxy) is 1. The Bertz CT molecular complexity index is 512. The zero-order valence-electron chi connectivity index (χ0n) is 15.9. The second kappa shape index (κ2) is 8.47. The Morgan fingerprint density at radius 2 is 1.88 bits per heavy atom. The minimum Gasteiger partial charge on any atom is -0.444 e. The number of amides is 1. The fourth-order valence-corrected chi connectivity index (χ4v) is 2.55. The lowest BCUT2D eigenvalue weighted by Crippen LogP contribution is -2.49. The number of likely N-dealkylation sites (tertiary alicyclic amines) is 1. The topological polar surface area (TPSA) is 62.7 Å². The van der Waals surface area contributed by atoms with E-state index in [2.05, 4.69) is 4.98 Å². The van der Waals surface area contributed by atoms with Crippen LogP contribution < -0.4 is 0 Å². The lowest BCUT2D eigenvalue weighted by molar-refractivity contribution is -0.0319. The number of carbonyl (C=O) groups is 1. The Kier molecular flexibility index (Phi) is 7.21. The summed E-state index contributed by atoms with van der Waals surface area (Å²) in [6.45, 7) is 12.6. The zero-order chi connectivity index (χ0) is 18.4. The highest BCUT2D eigenvalue weighted by molar-refractivity contribution is 5.68. The van der Waals surface area contributed by atoms with Gasteiger partial charge in [-0.25, -0.2) is 4.79 Å². The summed E-state index contributed by atoms with van der Waals surface area (Å²) in [5.41, 5.74) is 0.714. The molecule has 24 heavy (non-hydrogen) atoms. The molecule has 1 aliphatic rings. The Labute approximate surface area is 146 Å². The average molecular weight is 336 g/mol. The molecule has 0 atom stereocenters. The van der Waals surface area contributed by atoms with E-state index >= 15 is 0 Å². The van der Waals surface area contributed by atoms with Gasteiger partial charge in [-0.1, -0.05) is 19.9 Å². The molecule has 2 rings (SSSR count). The van der Waals surface area contributed by atoms with Crippen LogP contribution in [0.1, 0.15) is 58.7 Å². The summed E-state index contributed by atoms with van der Waals surface area (Å²) in [6.07, 6.45) is 3.12. The van der Waals surface area contributed by atoms with Gasteiger partial charge in [0.2, 0.25) is 0 Å². The van der Waals surface area contributed by atoms with Gasteiger partial charge < -0.3 is 14.7 Å². The second-order valence-corrected chi connectivity index (χ2v) is 7.20. The Morgan fingerprint density at radius 3 is 2.33 bits per heavy atom. The number of nitrogens with zero attached hydrogens (tertiary/aromatic N) is 2. The molecule has 0 aromatic carbocycles. The van der Waals surface area contributed by atoms with E-state index in [4.69, 9.17) is 4.74 Å². The van der Waals surface area contributed by atoms with Gasteiger partial charge in [0.1, 0.15) is 5.60 Å². The first kappa shape index (κ1) is 20.4. The van der Waals surface area contributed by atoms with E-state index in [1.807, 2.05) is 59.9 Å². The molecule has 1 amide bonds. The highest BCUT2D eigenvalue weighted by Gasteiger charge is 2.35. The van der Waals surface area contributed by atoms with Crippen LogP contribution in [0, 0.1) is 6.92 Å². The summed E-state index contributed by atoms with van der Waals surface area (Å²) in [7, 11) is 0. The fraction of sp³-hybridized carbons (Fsp3) is 0.684. The van der Waals surface area contributed by atoms with Gasteiger partial charge in [0.15, 0.2) is 0 Å². The highest BCUT2D eigenvalue weighted by Crippen LogP contribution is 2.26. The molecule has 0 spiro atoms. The van der Waals surface area contributed by atoms with Crippen LogP contribution >= 0.6 is 0 Å². The van der Waals surface area contributed by atoms with E-state index in [1.54, 1.807) is 4.90 Å². The number of pyridine rings is 1. The van der Waals surface area contributed by atoms with Crippen LogP contribution in [0.25, 0.3) is 0 Å². The molecule has 2 heterocycles. The molecule has 5 nitrogen and oxygen atoms in total. The van der Waals surface area contributed by atoms with Crippen molar-refractivity contribution in [3.8, 4) is 0 Å². The molecule has 1 fully saturated rings. The van der Waals surface area contributed by atoms with Crippen molar-refractivity contribution in [1.29, 1.82) is 0 Å². The first-order valence-electron chi connectivity index (χ1n) is 8.79. The number of aryl methyl sites for hydroxylation is 1. The maximum Gasteiger partial charge on any atom is 0.410 e. The number of aliphatic hydroxyl groups is 1. The average Bonchev–Trinajstić information content (AvgIpc) is 2.50. The standard InChI is InChI=1S/C17H26N2O3.C2H6/c1-13-5-6-14(18-12-13)11-17(21)7-9-19(10-8-17)15(20)22-16(2,3)4;1-2/h5-6,12,21H,7-11H2,1-4H3;1-2H3. The lowest BCUT2D eigenvalue weighted by atomic mass is 9.87. The summed E-state index contributed by atoms with van der Waals surface area (Å²) in [5, 5.41) is 10.7. The molecule has 1 aromatic heterocycles. The smallest absolute Gasteiger partial charge is 0.410 e. The molecule has 136 valence electrons. The van der Waals surface area contributed by atoms with Gasteiger partial charge in [0.25, 0.3) is 0 Å². The molecule has 1 N–H and O–H groups in total. The van der Waals surface area contributed by atoms with Crippen LogP contribution in [0.5, 0.6) is 0 Å². The molecule has 1 aromatic rings. The molecule has 0 saturated carbocycles. The maximum atomic E-state index is 12.0. The summed E-state index contributed by atoms with van der Waals surface area (Å²) in [5.74, 6) is 0. The number of rotatable bonds is 2. The molecular weight excluding hydrogens is 304 g/mol. The summed E-state index contributed by atoms with van der Waals surface area (Å²) < 4.78 is 5.37. The molecule has 0 bridgehead atoms. The van der Waals surface area contributed by atoms with Crippen molar-refractivity contribution in [3.63, 3.8) is 0 Å². The second-order valence-electron chi connectivity index (χ2n) is 7.20. The Morgan fingerprint density at radius 1 is 1.29 bits per heavy atom. The summed E-state index contributed by atoms with van der Waals surface area (Å²) in [6, 6.07) is 3.95. The third-order valence-electron chi connectivity index (χ3n) is 3.83. The molecule has 1 aliphatic heterocycles. The monoisotopic (exact) mass is 336 g/mol. The molecule has 1 saturated heterocycles. The van der Waals surface area contributed by atoms with Crippen LogP contribution in [0.4, 0.5) is 4.79 Å². The SMILES string of the molecule is CC.Cc1ccc(CC2(O)CCN(C(=O)OC(C)(C)C)CC2)nc1. The zero-order valence-corrected chi connectivity index (χ0v) is 15.9.